The van der Waals surface area contributed by atoms with E-state index >= 15 is 0 Å². The highest BCUT2D eigenvalue weighted by molar-refractivity contribution is 6.24. The van der Waals surface area contributed by atoms with Crippen LogP contribution in [0.1, 0.15) is 66.1 Å². The molecule has 4 atom stereocenters. The molecule has 38 heavy (non-hydrogen) atoms. The van der Waals surface area contributed by atoms with E-state index in [0.29, 0.717) is 17.5 Å². The number of allylic oxidation sites excluding steroid dienone is 1. The molecule has 0 unspecified atom stereocenters. The largest absolute Gasteiger partial charge is 0.510 e. The van der Waals surface area contributed by atoms with Crippen molar-refractivity contribution in [1.82, 2.24) is 4.90 Å². The molecule has 0 aromatic heterocycles. The molecule has 1 aromatic carbocycles. The van der Waals surface area contributed by atoms with E-state index in [1.54, 1.807) is 14.1 Å². The average Bonchev–Trinajstić information content (AvgIpc) is 2.84. The number of nitrogens with zero attached hydrogens (tertiary/aromatic N) is 1. The molecule has 0 fully saturated rings. The molecule has 0 aliphatic heterocycles. The first kappa shape index (κ1) is 27.8. The number of hydrogen-bond donors (Lipinski definition) is 6. The molecular weight excluding hydrogens is 490 g/mol. The van der Waals surface area contributed by atoms with Gasteiger partial charge in [0, 0.05) is 23.6 Å². The van der Waals surface area contributed by atoms with Crippen LogP contribution in [0.3, 0.4) is 0 Å². The van der Waals surface area contributed by atoms with Gasteiger partial charge in [-0.15, -0.1) is 0 Å². The lowest BCUT2D eigenvalue weighted by atomic mass is 9.58. The maximum absolute atomic E-state index is 13.9. The molecule has 206 valence electrons. The summed E-state index contributed by atoms with van der Waals surface area (Å²) in [6.07, 6.45) is 5.12. The number of nitrogens with two attached hydrogens (primary N) is 2. The van der Waals surface area contributed by atoms with E-state index in [2.05, 4.69) is 6.92 Å². The Hall–Kier alpha value is -3.21. The molecule has 0 bridgehead atoms. The number of fused-ring (bicyclic) bond motifs is 3. The maximum Gasteiger partial charge on any atom is 0.255 e. The van der Waals surface area contributed by atoms with Gasteiger partial charge in [-0.3, -0.25) is 19.3 Å². The topological polar surface area (TPSA) is 187 Å². The van der Waals surface area contributed by atoms with Crippen molar-refractivity contribution in [2.24, 2.45) is 23.3 Å². The zero-order valence-corrected chi connectivity index (χ0v) is 22.1. The van der Waals surface area contributed by atoms with Crippen LogP contribution in [0.5, 0.6) is 5.75 Å². The third kappa shape index (κ3) is 4.02. The van der Waals surface area contributed by atoms with Crippen molar-refractivity contribution in [3.8, 4) is 5.75 Å². The van der Waals surface area contributed by atoms with Crippen molar-refractivity contribution < 1.29 is 34.8 Å². The number of carbonyl (C=O) groups is 3. The van der Waals surface area contributed by atoms with Gasteiger partial charge in [0.1, 0.15) is 22.8 Å². The summed E-state index contributed by atoms with van der Waals surface area (Å²) < 4.78 is 0. The summed E-state index contributed by atoms with van der Waals surface area (Å²) in [4.78, 5) is 40.9. The van der Waals surface area contributed by atoms with Gasteiger partial charge in [-0.05, 0) is 56.8 Å². The second-order valence-electron chi connectivity index (χ2n) is 10.9. The van der Waals surface area contributed by atoms with Crippen molar-refractivity contribution in [3.63, 3.8) is 0 Å². The van der Waals surface area contributed by atoms with Crippen molar-refractivity contribution in [2.75, 3.05) is 14.1 Å². The maximum atomic E-state index is 13.9. The van der Waals surface area contributed by atoms with E-state index in [1.807, 2.05) is 6.07 Å². The molecule has 0 radical (unpaired) electrons. The van der Waals surface area contributed by atoms with Crippen LogP contribution in [-0.2, 0) is 29.0 Å². The number of Topliss-reactive ketones (excluding diaryl/α,β-unsaturated/α-hetero) is 2. The number of aryl methyl sites for hydroxylation is 1. The van der Waals surface area contributed by atoms with Crippen LogP contribution >= 0.6 is 0 Å². The van der Waals surface area contributed by atoms with E-state index in [1.165, 1.54) is 4.90 Å². The van der Waals surface area contributed by atoms with Gasteiger partial charge >= 0.3 is 0 Å². The van der Waals surface area contributed by atoms with Gasteiger partial charge in [0.15, 0.2) is 11.4 Å². The standard InChI is InChI=1S/C28H37N3O7/c1-4-5-6-7-8-13-9-15(12-29)22(32)19-16(13)10-14-11-17-21(31(2)3)24(34)20(27(30)37)26(36)28(17,38)25(35)18(14)23(19)33/h9,14,17,21,32,34-35,38H,4-8,10-12,29H2,1-3H3,(H2,30,37)/t14-,17-,21-,28+/m0/s1. The number of unbranched alkanes of at least 4 members (excludes halogenated alkanes) is 3. The fourth-order valence-corrected chi connectivity index (χ4v) is 6.58. The van der Waals surface area contributed by atoms with Crippen LogP contribution in [0.15, 0.2) is 28.7 Å². The minimum atomic E-state index is -2.64. The zero-order valence-electron chi connectivity index (χ0n) is 22.1. The average molecular weight is 528 g/mol. The molecule has 1 aromatic rings. The van der Waals surface area contributed by atoms with Crippen molar-refractivity contribution in [3.05, 3.63) is 51.0 Å². The number of amides is 1. The molecule has 0 spiro atoms. The van der Waals surface area contributed by atoms with Gasteiger partial charge in [0.05, 0.1) is 11.6 Å². The molecule has 8 N–H and O–H groups in total. The summed E-state index contributed by atoms with van der Waals surface area (Å²) in [7, 11) is 3.21. The summed E-state index contributed by atoms with van der Waals surface area (Å²) in [5.41, 5.74) is 9.62. The smallest absolute Gasteiger partial charge is 0.255 e. The van der Waals surface area contributed by atoms with Crippen molar-refractivity contribution in [1.29, 1.82) is 0 Å². The van der Waals surface area contributed by atoms with E-state index in [9.17, 15) is 34.8 Å². The molecule has 1 amide bonds. The van der Waals surface area contributed by atoms with Gasteiger partial charge < -0.3 is 31.9 Å². The Bertz CT molecular complexity index is 1270. The number of phenolic OH excluding ortho intramolecular Hbond substituents is 1. The Labute approximate surface area is 221 Å². The lowest BCUT2D eigenvalue weighted by molar-refractivity contribution is -0.148. The minimum Gasteiger partial charge on any atom is -0.510 e. The summed E-state index contributed by atoms with van der Waals surface area (Å²) in [6, 6.07) is 0.823. The van der Waals surface area contributed by atoms with Gasteiger partial charge in [-0.25, -0.2) is 0 Å². The molecule has 0 saturated carbocycles. The number of phenols is 1. The highest BCUT2D eigenvalue weighted by Crippen LogP contribution is 2.52. The lowest BCUT2D eigenvalue weighted by Crippen LogP contribution is -2.63. The quantitative estimate of drug-likeness (QED) is 0.216. The molecule has 10 nitrogen and oxygen atoms in total. The van der Waals surface area contributed by atoms with E-state index < -0.39 is 58.0 Å². The molecule has 4 rings (SSSR count). The molecule has 3 aliphatic carbocycles. The first-order chi connectivity index (χ1) is 17.9. The van der Waals surface area contributed by atoms with Crippen LogP contribution in [0, 0.1) is 11.8 Å². The minimum absolute atomic E-state index is 0.00384. The third-order valence-corrected chi connectivity index (χ3v) is 8.41. The van der Waals surface area contributed by atoms with Crippen LogP contribution in [-0.4, -0.2) is 68.5 Å². The van der Waals surface area contributed by atoms with Gasteiger partial charge in [0.25, 0.3) is 5.91 Å². The number of aromatic hydroxyl groups is 1. The van der Waals surface area contributed by atoms with Crippen LogP contribution in [0.2, 0.25) is 0 Å². The Kier molecular flexibility index (Phi) is 7.44. The van der Waals surface area contributed by atoms with E-state index in [0.717, 1.165) is 31.2 Å². The third-order valence-electron chi connectivity index (χ3n) is 8.41. The number of aliphatic hydroxyl groups excluding tert-OH is 2. The second-order valence-corrected chi connectivity index (χ2v) is 10.9. The number of benzene rings is 1. The first-order valence-corrected chi connectivity index (χ1v) is 13.1. The highest BCUT2D eigenvalue weighted by Gasteiger charge is 2.63. The van der Waals surface area contributed by atoms with Gasteiger partial charge in [0.2, 0.25) is 5.78 Å². The van der Waals surface area contributed by atoms with E-state index in [-0.39, 0.29) is 36.3 Å². The SMILES string of the molecule is CCCCCCc1cc(CN)c(O)c2c1C[C@H]1C[C@H]3[C@H](N(C)C)C(O)=C(C(N)=O)C(=O)[C@]3(O)C(O)=C1C2=O. The molecule has 0 saturated heterocycles. The number of ketones is 2. The van der Waals surface area contributed by atoms with Crippen molar-refractivity contribution in [2.45, 2.75) is 70.1 Å². The molecular formula is C28H37N3O7. The van der Waals surface area contributed by atoms with Crippen molar-refractivity contribution >= 4 is 17.5 Å². The molecule has 3 aliphatic rings. The predicted octanol–water partition coefficient (Wildman–Crippen LogP) is 1.70. The number of carbonyl (C=O) groups excluding carboxylic acids is 3. The Balaban J connectivity index is 1.89. The lowest BCUT2D eigenvalue weighted by Gasteiger charge is -2.50. The van der Waals surface area contributed by atoms with Gasteiger partial charge in [-0.1, -0.05) is 32.3 Å². The molecule has 0 heterocycles. The number of likely N-dealkylation sites (N-methyl/N-ethyl adjacent to an activating group) is 1. The van der Waals surface area contributed by atoms with E-state index in [4.69, 9.17) is 11.5 Å². The number of primary amides is 1. The van der Waals surface area contributed by atoms with Crippen LogP contribution < -0.4 is 11.5 Å². The molecule has 10 heteroatoms. The summed E-state index contributed by atoms with van der Waals surface area (Å²) in [5.74, 6) is -6.51. The predicted molar refractivity (Wildman–Crippen MR) is 139 cm³/mol. The fraction of sp³-hybridized carbons (Fsp3) is 0.536. The fourth-order valence-electron chi connectivity index (χ4n) is 6.58. The second kappa shape index (κ2) is 10.2. The number of aliphatic hydroxyl groups is 3. The normalized spacial score (nSPS) is 26.9. The van der Waals surface area contributed by atoms with Crippen LogP contribution in [0.25, 0.3) is 0 Å². The Morgan fingerprint density at radius 2 is 1.82 bits per heavy atom. The highest BCUT2D eigenvalue weighted by atomic mass is 16.3. The summed E-state index contributed by atoms with van der Waals surface area (Å²) in [6.45, 7) is 2.12. The number of rotatable bonds is 8. The Morgan fingerprint density at radius 3 is 2.39 bits per heavy atom. The zero-order chi connectivity index (χ0) is 28.1. The first-order valence-electron chi connectivity index (χ1n) is 13.1. The Morgan fingerprint density at radius 1 is 1.13 bits per heavy atom. The van der Waals surface area contributed by atoms with Crippen LogP contribution in [0.4, 0.5) is 0 Å². The summed E-state index contributed by atoms with van der Waals surface area (Å²) in [5, 5.41) is 45.0. The van der Waals surface area contributed by atoms with Gasteiger partial charge in [-0.2, -0.15) is 0 Å². The summed E-state index contributed by atoms with van der Waals surface area (Å²) >= 11 is 0. The number of hydrogen-bond acceptors (Lipinski definition) is 9. The monoisotopic (exact) mass is 527 g/mol.